The van der Waals surface area contributed by atoms with E-state index in [4.69, 9.17) is 9.52 Å². The van der Waals surface area contributed by atoms with Gasteiger partial charge in [-0.1, -0.05) is 18.2 Å². The van der Waals surface area contributed by atoms with E-state index in [1.807, 2.05) is 24.3 Å². The van der Waals surface area contributed by atoms with Crippen LogP contribution in [0.5, 0.6) is 0 Å². The van der Waals surface area contributed by atoms with E-state index in [-0.39, 0.29) is 5.56 Å². The van der Waals surface area contributed by atoms with Crippen LogP contribution in [0.4, 0.5) is 0 Å². The minimum atomic E-state index is -0.928. The molecule has 0 spiro atoms. The highest BCUT2D eigenvalue weighted by Crippen LogP contribution is 2.30. The van der Waals surface area contributed by atoms with Crippen molar-refractivity contribution >= 4 is 16.9 Å². The number of benzene rings is 1. The Balaban J connectivity index is 2.20. The highest BCUT2D eigenvalue weighted by Gasteiger charge is 2.15. The Hall–Kier alpha value is -2.49. The van der Waals surface area contributed by atoms with E-state index in [9.17, 15) is 4.79 Å². The number of aromatic carboxylic acids is 1. The van der Waals surface area contributed by atoms with Gasteiger partial charge in [-0.2, -0.15) is 0 Å². The number of fused-ring (bicyclic) bond motifs is 1. The maximum atomic E-state index is 11.0. The molecule has 0 aliphatic rings. The molecule has 3 aromatic rings. The zero-order valence-corrected chi connectivity index (χ0v) is 9.73. The Morgan fingerprint density at radius 2 is 2.11 bits per heavy atom. The maximum Gasteiger partial charge on any atom is 0.337 e. The standard InChI is InChI=1S/C14H11NO3/c1-8-10(14(16)17)6-12(15-8)11-7-18-13-5-3-2-4-9(11)13/h2-7,15H,1H3,(H,16,17). The van der Waals surface area contributed by atoms with Crippen LogP contribution in [-0.2, 0) is 0 Å². The Morgan fingerprint density at radius 1 is 1.33 bits per heavy atom. The van der Waals surface area contributed by atoms with Crippen LogP contribution in [0.2, 0.25) is 0 Å². The van der Waals surface area contributed by atoms with Crippen LogP contribution in [0.3, 0.4) is 0 Å². The number of aromatic amines is 1. The summed E-state index contributed by atoms with van der Waals surface area (Å²) in [6.07, 6.45) is 1.64. The molecule has 18 heavy (non-hydrogen) atoms. The van der Waals surface area contributed by atoms with Crippen molar-refractivity contribution in [3.05, 3.63) is 47.9 Å². The largest absolute Gasteiger partial charge is 0.478 e. The zero-order chi connectivity index (χ0) is 12.7. The van der Waals surface area contributed by atoms with Gasteiger partial charge >= 0.3 is 5.97 Å². The van der Waals surface area contributed by atoms with Gasteiger partial charge in [0.15, 0.2) is 0 Å². The van der Waals surface area contributed by atoms with Crippen LogP contribution in [0.1, 0.15) is 16.1 Å². The second kappa shape index (κ2) is 3.77. The summed E-state index contributed by atoms with van der Waals surface area (Å²) in [5, 5.41) is 10.0. The quantitative estimate of drug-likeness (QED) is 0.722. The van der Waals surface area contributed by atoms with Crippen LogP contribution >= 0.6 is 0 Å². The van der Waals surface area contributed by atoms with Crippen molar-refractivity contribution in [2.45, 2.75) is 6.92 Å². The molecule has 0 aliphatic heterocycles. The first-order chi connectivity index (χ1) is 8.66. The topological polar surface area (TPSA) is 66.2 Å². The maximum absolute atomic E-state index is 11.0. The van der Waals surface area contributed by atoms with Crippen molar-refractivity contribution in [3.63, 3.8) is 0 Å². The number of furan rings is 1. The highest BCUT2D eigenvalue weighted by molar-refractivity contribution is 5.96. The Labute approximate surface area is 103 Å². The number of carboxylic acid groups (broad SMARTS) is 1. The van der Waals surface area contributed by atoms with Gasteiger partial charge in [-0.15, -0.1) is 0 Å². The molecule has 3 rings (SSSR count). The smallest absolute Gasteiger partial charge is 0.337 e. The van der Waals surface area contributed by atoms with E-state index in [0.29, 0.717) is 5.69 Å². The summed E-state index contributed by atoms with van der Waals surface area (Å²) in [7, 11) is 0. The van der Waals surface area contributed by atoms with Crippen LogP contribution in [-0.4, -0.2) is 16.1 Å². The molecule has 4 nitrogen and oxygen atoms in total. The molecule has 0 saturated heterocycles. The second-order valence-corrected chi connectivity index (χ2v) is 4.17. The number of hydrogen-bond acceptors (Lipinski definition) is 2. The molecule has 4 heteroatoms. The summed E-state index contributed by atoms with van der Waals surface area (Å²) in [6, 6.07) is 9.29. The summed E-state index contributed by atoms with van der Waals surface area (Å²) >= 11 is 0. The van der Waals surface area contributed by atoms with Crippen LogP contribution < -0.4 is 0 Å². The molecular formula is C14H11NO3. The summed E-state index contributed by atoms with van der Waals surface area (Å²) in [5.74, 6) is -0.928. The lowest BCUT2D eigenvalue weighted by Crippen LogP contribution is -1.95. The highest BCUT2D eigenvalue weighted by atomic mass is 16.4. The van der Waals surface area contributed by atoms with Gasteiger partial charge in [0.1, 0.15) is 11.8 Å². The third-order valence-electron chi connectivity index (χ3n) is 3.02. The number of nitrogens with one attached hydrogen (secondary N) is 1. The molecule has 0 bridgehead atoms. The van der Waals surface area contributed by atoms with Gasteiger partial charge in [0.2, 0.25) is 0 Å². The van der Waals surface area contributed by atoms with E-state index in [1.54, 1.807) is 19.3 Å². The van der Waals surface area contributed by atoms with Crippen molar-refractivity contribution in [1.29, 1.82) is 0 Å². The van der Waals surface area contributed by atoms with E-state index < -0.39 is 5.97 Å². The Kier molecular flexibility index (Phi) is 2.23. The summed E-state index contributed by atoms with van der Waals surface area (Å²) < 4.78 is 5.45. The third kappa shape index (κ3) is 1.50. The lowest BCUT2D eigenvalue weighted by atomic mass is 10.1. The summed E-state index contributed by atoms with van der Waals surface area (Å²) in [5.41, 5.74) is 3.35. The fourth-order valence-electron chi connectivity index (χ4n) is 2.11. The fourth-order valence-corrected chi connectivity index (χ4v) is 2.11. The first-order valence-corrected chi connectivity index (χ1v) is 5.56. The summed E-state index contributed by atoms with van der Waals surface area (Å²) in [4.78, 5) is 14.1. The third-order valence-corrected chi connectivity index (χ3v) is 3.02. The van der Waals surface area contributed by atoms with E-state index in [2.05, 4.69) is 4.98 Å². The van der Waals surface area contributed by atoms with E-state index in [0.717, 1.165) is 22.2 Å². The Morgan fingerprint density at radius 3 is 2.83 bits per heavy atom. The second-order valence-electron chi connectivity index (χ2n) is 4.17. The minimum absolute atomic E-state index is 0.287. The van der Waals surface area contributed by atoms with Gasteiger partial charge in [0, 0.05) is 16.6 Å². The number of carbonyl (C=O) groups is 1. The van der Waals surface area contributed by atoms with Gasteiger partial charge in [-0.25, -0.2) is 4.79 Å². The number of rotatable bonds is 2. The van der Waals surface area contributed by atoms with Gasteiger partial charge < -0.3 is 14.5 Å². The number of aromatic nitrogens is 1. The van der Waals surface area contributed by atoms with Crippen molar-refractivity contribution in [2.24, 2.45) is 0 Å². The lowest BCUT2D eigenvalue weighted by molar-refractivity contribution is 0.0696. The monoisotopic (exact) mass is 241 g/mol. The van der Waals surface area contributed by atoms with Gasteiger partial charge in [-0.05, 0) is 19.1 Å². The van der Waals surface area contributed by atoms with Crippen LogP contribution in [0.15, 0.2) is 41.0 Å². The molecule has 0 saturated carbocycles. The SMILES string of the molecule is Cc1[nH]c(-c2coc3ccccc23)cc1C(=O)O. The van der Waals surface area contributed by atoms with Crippen LogP contribution in [0, 0.1) is 6.92 Å². The fraction of sp³-hybridized carbons (Fsp3) is 0.0714. The van der Waals surface area contributed by atoms with Crippen molar-refractivity contribution in [3.8, 4) is 11.3 Å². The van der Waals surface area contributed by atoms with Gasteiger partial charge in [-0.3, -0.25) is 0 Å². The Bertz CT molecular complexity index is 736. The molecule has 2 heterocycles. The number of aryl methyl sites for hydroxylation is 1. The van der Waals surface area contributed by atoms with Crippen LogP contribution in [0.25, 0.3) is 22.2 Å². The van der Waals surface area contributed by atoms with Crippen molar-refractivity contribution < 1.29 is 14.3 Å². The molecular weight excluding hydrogens is 230 g/mol. The molecule has 0 unspecified atom stereocenters. The van der Waals surface area contributed by atoms with Gasteiger partial charge in [0.25, 0.3) is 0 Å². The first-order valence-electron chi connectivity index (χ1n) is 5.56. The van der Waals surface area contributed by atoms with Gasteiger partial charge in [0.05, 0.1) is 11.3 Å². The molecule has 0 radical (unpaired) electrons. The number of hydrogen-bond donors (Lipinski definition) is 2. The predicted molar refractivity (Wildman–Crippen MR) is 67.7 cm³/mol. The van der Waals surface area contributed by atoms with Crippen molar-refractivity contribution in [1.82, 2.24) is 4.98 Å². The normalized spacial score (nSPS) is 10.9. The predicted octanol–water partition coefficient (Wildman–Crippen LogP) is 3.43. The first kappa shape index (κ1) is 10.7. The molecule has 0 amide bonds. The average Bonchev–Trinajstić information content (AvgIpc) is 2.92. The molecule has 0 fully saturated rings. The number of H-pyrrole nitrogens is 1. The molecule has 0 aliphatic carbocycles. The lowest BCUT2D eigenvalue weighted by Gasteiger charge is -1.93. The molecule has 90 valence electrons. The minimum Gasteiger partial charge on any atom is -0.478 e. The van der Waals surface area contributed by atoms with E-state index >= 15 is 0 Å². The average molecular weight is 241 g/mol. The molecule has 2 N–H and O–H groups in total. The zero-order valence-electron chi connectivity index (χ0n) is 9.73. The molecule has 1 aromatic carbocycles. The van der Waals surface area contributed by atoms with E-state index in [1.165, 1.54) is 0 Å². The van der Waals surface area contributed by atoms with Crippen molar-refractivity contribution in [2.75, 3.05) is 0 Å². The summed E-state index contributed by atoms with van der Waals surface area (Å²) in [6.45, 7) is 1.75. The number of carboxylic acids is 1. The molecule has 0 atom stereocenters. The molecule has 2 aromatic heterocycles. The number of para-hydroxylation sites is 1.